The standard InChI is InChI=1S/C31H24Br2N4O5S/c1-19-4-8-24(9-5-19)35-29(39)18-42-27-11-7-23(33)13-20(27)15-28-30(40)37(17-25-3-2-12-41-25)31(43-28)36-34-16-21-14-22(32)6-10-26(21)38/h2-16,38H,17-18H2,1H3,(H,35,39)/b28-15-,34-16-,36-31+. The molecule has 43 heavy (non-hydrogen) atoms. The SMILES string of the molecule is Cc1ccc(NC(=O)COc2ccc(Br)cc2/C=C2\S/C(=N/N=C\c3cc(Br)ccc3O)N(Cc3ccco3)C2=O)cc1. The largest absolute Gasteiger partial charge is 0.507 e. The first-order valence-corrected chi connectivity index (χ1v) is 15.3. The number of amidine groups is 1. The Kier molecular flexibility index (Phi) is 9.80. The molecule has 4 aromatic rings. The van der Waals surface area contributed by atoms with Crippen LogP contribution in [0.4, 0.5) is 5.69 Å². The number of amides is 2. The van der Waals surface area contributed by atoms with Gasteiger partial charge in [0.05, 0.1) is 23.9 Å². The molecule has 0 spiro atoms. The van der Waals surface area contributed by atoms with Crippen molar-refractivity contribution >= 4 is 78.6 Å². The zero-order valence-corrected chi connectivity index (χ0v) is 26.6. The van der Waals surface area contributed by atoms with E-state index in [1.54, 1.807) is 54.6 Å². The molecule has 0 radical (unpaired) electrons. The number of anilines is 1. The van der Waals surface area contributed by atoms with Crippen molar-refractivity contribution in [2.45, 2.75) is 13.5 Å². The van der Waals surface area contributed by atoms with Crippen molar-refractivity contribution in [3.8, 4) is 11.5 Å². The Labute approximate surface area is 268 Å². The van der Waals surface area contributed by atoms with Crippen LogP contribution >= 0.6 is 43.6 Å². The van der Waals surface area contributed by atoms with E-state index >= 15 is 0 Å². The predicted octanol–water partition coefficient (Wildman–Crippen LogP) is 7.34. The van der Waals surface area contributed by atoms with Crippen LogP contribution in [0.1, 0.15) is 22.5 Å². The smallest absolute Gasteiger partial charge is 0.267 e. The van der Waals surface area contributed by atoms with E-state index in [0.717, 1.165) is 26.3 Å². The average Bonchev–Trinajstić information content (AvgIpc) is 3.60. The van der Waals surface area contributed by atoms with Crippen molar-refractivity contribution in [1.29, 1.82) is 0 Å². The number of thioether (sulfide) groups is 1. The summed E-state index contributed by atoms with van der Waals surface area (Å²) in [6.07, 6.45) is 4.63. The number of ether oxygens (including phenoxy) is 1. The van der Waals surface area contributed by atoms with Crippen molar-refractivity contribution in [1.82, 2.24) is 4.90 Å². The highest BCUT2D eigenvalue weighted by molar-refractivity contribution is 9.10. The fourth-order valence-corrected chi connectivity index (χ4v) is 5.61. The zero-order valence-electron chi connectivity index (χ0n) is 22.7. The summed E-state index contributed by atoms with van der Waals surface area (Å²) in [6.45, 7) is 1.90. The van der Waals surface area contributed by atoms with Gasteiger partial charge in [0, 0.05) is 25.8 Å². The molecule has 1 aliphatic heterocycles. The van der Waals surface area contributed by atoms with E-state index in [9.17, 15) is 14.7 Å². The van der Waals surface area contributed by atoms with Gasteiger partial charge in [-0.25, -0.2) is 0 Å². The minimum atomic E-state index is -0.315. The Morgan fingerprint density at radius 1 is 1.07 bits per heavy atom. The summed E-state index contributed by atoms with van der Waals surface area (Å²) < 4.78 is 12.9. The number of aromatic hydroxyl groups is 1. The molecule has 12 heteroatoms. The summed E-state index contributed by atoms with van der Waals surface area (Å²) in [7, 11) is 0. The lowest BCUT2D eigenvalue weighted by molar-refractivity contribution is -0.122. The number of benzene rings is 3. The summed E-state index contributed by atoms with van der Waals surface area (Å²) >= 11 is 7.99. The van der Waals surface area contributed by atoms with E-state index in [4.69, 9.17) is 9.15 Å². The van der Waals surface area contributed by atoms with Crippen LogP contribution in [0.5, 0.6) is 11.5 Å². The molecular weight excluding hydrogens is 700 g/mol. The summed E-state index contributed by atoms with van der Waals surface area (Å²) in [5, 5.41) is 21.7. The van der Waals surface area contributed by atoms with E-state index in [0.29, 0.717) is 38.4 Å². The van der Waals surface area contributed by atoms with Crippen LogP contribution in [0, 0.1) is 6.92 Å². The monoisotopic (exact) mass is 722 g/mol. The molecule has 1 aliphatic rings. The van der Waals surface area contributed by atoms with Gasteiger partial charge < -0.3 is 19.6 Å². The van der Waals surface area contributed by atoms with Crippen molar-refractivity contribution in [2.75, 3.05) is 11.9 Å². The first-order valence-electron chi connectivity index (χ1n) is 12.9. The second-order valence-corrected chi connectivity index (χ2v) is 12.1. The maximum absolute atomic E-state index is 13.6. The molecule has 5 rings (SSSR count). The molecule has 0 saturated carbocycles. The van der Waals surface area contributed by atoms with Gasteiger partial charge in [0.15, 0.2) is 11.8 Å². The number of halogens is 2. The van der Waals surface area contributed by atoms with E-state index < -0.39 is 0 Å². The molecule has 1 fully saturated rings. The van der Waals surface area contributed by atoms with E-state index in [-0.39, 0.29) is 30.7 Å². The fraction of sp³-hybridized carbons (Fsp3) is 0.0968. The number of aryl methyl sites for hydroxylation is 1. The van der Waals surface area contributed by atoms with Gasteiger partial charge in [-0.15, -0.1) is 5.10 Å². The van der Waals surface area contributed by atoms with Crippen molar-refractivity contribution < 1.29 is 23.8 Å². The Morgan fingerprint density at radius 3 is 2.56 bits per heavy atom. The Balaban J connectivity index is 1.38. The topological polar surface area (TPSA) is 117 Å². The molecule has 0 bridgehead atoms. The van der Waals surface area contributed by atoms with Gasteiger partial charge in [-0.05, 0) is 85.4 Å². The van der Waals surface area contributed by atoms with Gasteiger partial charge in [-0.3, -0.25) is 14.5 Å². The molecule has 0 aliphatic carbocycles. The maximum atomic E-state index is 13.6. The van der Waals surface area contributed by atoms with E-state index in [1.807, 2.05) is 31.2 Å². The molecule has 2 N–H and O–H groups in total. The highest BCUT2D eigenvalue weighted by Crippen LogP contribution is 2.36. The number of hydrogen-bond acceptors (Lipinski definition) is 8. The van der Waals surface area contributed by atoms with Crippen LogP contribution in [0.3, 0.4) is 0 Å². The third-order valence-corrected chi connectivity index (χ3v) is 8.05. The molecule has 3 aromatic carbocycles. The lowest BCUT2D eigenvalue weighted by Crippen LogP contribution is -2.28. The molecule has 2 amide bonds. The lowest BCUT2D eigenvalue weighted by atomic mass is 10.2. The average molecular weight is 724 g/mol. The van der Waals surface area contributed by atoms with Crippen molar-refractivity contribution in [2.24, 2.45) is 10.2 Å². The summed E-state index contributed by atoms with van der Waals surface area (Å²) in [6, 6.07) is 21.3. The van der Waals surface area contributed by atoms with Gasteiger partial charge in [0.25, 0.3) is 11.8 Å². The van der Waals surface area contributed by atoms with Gasteiger partial charge in [-0.2, -0.15) is 5.10 Å². The van der Waals surface area contributed by atoms with Crippen LogP contribution < -0.4 is 10.1 Å². The van der Waals surface area contributed by atoms with Crippen LogP contribution in [-0.2, 0) is 16.1 Å². The summed E-state index contributed by atoms with van der Waals surface area (Å²) in [5.41, 5.74) is 2.82. The Bertz CT molecular complexity index is 1740. The highest BCUT2D eigenvalue weighted by Gasteiger charge is 2.34. The lowest BCUT2D eigenvalue weighted by Gasteiger charge is -2.13. The predicted molar refractivity (Wildman–Crippen MR) is 175 cm³/mol. The minimum absolute atomic E-state index is 0.0464. The third kappa shape index (κ3) is 8.04. The zero-order chi connectivity index (χ0) is 30.3. The van der Waals surface area contributed by atoms with Crippen molar-refractivity contribution in [3.63, 3.8) is 0 Å². The third-order valence-electron chi connectivity index (χ3n) is 6.06. The first-order chi connectivity index (χ1) is 20.7. The Hall–Kier alpha value is -4.13. The number of hydrogen-bond donors (Lipinski definition) is 2. The molecule has 1 saturated heterocycles. The summed E-state index contributed by atoms with van der Waals surface area (Å²) in [5.74, 6) is 0.427. The molecule has 9 nitrogen and oxygen atoms in total. The molecular formula is C31H24Br2N4O5S. The normalized spacial score (nSPS) is 15.1. The van der Waals surface area contributed by atoms with Gasteiger partial charge >= 0.3 is 0 Å². The van der Waals surface area contributed by atoms with Crippen molar-refractivity contribution in [3.05, 3.63) is 115 Å². The van der Waals surface area contributed by atoms with Crippen LogP contribution in [0.2, 0.25) is 0 Å². The van der Waals surface area contributed by atoms with E-state index in [2.05, 4.69) is 47.4 Å². The number of rotatable bonds is 9. The van der Waals surface area contributed by atoms with Gasteiger partial charge in [0.2, 0.25) is 0 Å². The molecule has 218 valence electrons. The summed E-state index contributed by atoms with van der Waals surface area (Å²) in [4.78, 5) is 27.9. The number of nitrogens with zero attached hydrogens (tertiary/aromatic N) is 3. The van der Waals surface area contributed by atoms with Crippen LogP contribution in [-0.4, -0.2) is 39.8 Å². The maximum Gasteiger partial charge on any atom is 0.267 e. The molecule has 0 unspecified atom stereocenters. The number of furan rings is 1. The number of carbonyl (C=O) groups excluding carboxylic acids is 2. The number of phenols is 1. The highest BCUT2D eigenvalue weighted by atomic mass is 79.9. The van der Waals surface area contributed by atoms with Gasteiger partial charge in [-0.1, -0.05) is 49.6 Å². The minimum Gasteiger partial charge on any atom is -0.507 e. The number of nitrogens with one attached hydrogen (secondary N) is 1. The number of carbonyl (C=O) groups is 2. The first kappa shape index (κ1) is 30.3. The number of phenolic OH excluding ortho intramolecular Hbond substituents is 1. The Morgan fingerprint density at radius 2 is 1.81 bits per heavy atom. The molecule has 1 aromatic heterocycles. The van der Waals surface area contributed by atoms with Crippen LogP contribution in [0.15, 0.2) is 108 Å². The fourth-order valence-electron chi connectivity index (χ4n) is 3.93. The molecule has 0 atom stereocenters. The second kappa shape index (κ2) is 13.9. The van der Waals surface area contributed by atoms with Gasteiger partial charge in [0.1, 0.15) is 17.3 Å². The molecule has 2 heterocycles. The quantitative estimate of drug-likeness (QED) is 0.106. The second-order valence-electron chi connectivity index (χ2n) is 9.30. The van der Waals surface area contributed by atoms with Crippen LogP contribution in [0.25, 0.3) is 6.08 Å². The van der Waals surface area contributed by atoms with E-state index in [1.165, 1.54) is 17.4 Å².